The summed E-state index contributed by atoms with van der Waals surface area (Å²) < 4.78 is 24.7. The van der Waals surface area contributed by atoms with E-state index < -0.39 is 0 Å². The van der Waals surface area contributed by atoms with Crippen molar-refractivity contribution in [2.24, 2.45) is 0 Å². The Balaban J connectivity index is 0.000000162. The van der Waals surface area contributed by atoms with Crippen molar-refractivity contribution in [1.29, 1.82) is 0 Å². The normalized spacial score (nSPS) is 20.5. The third kappa shape index (κ3) is 7.58. The summed E-state index contributed by atoms with van der Waals surface area (Å²) >= 11 is 0. The fraction of sp³-hybridized carbons (Fsp3) is 0.478. The van der Waals surface area contributed by atoms with Crippen LogP contribution in [0, 0.1) is 0 Å². The van der Waals surface area contributed by atoms with E-state index in [1.165, 1.54) is 33.4 Å². The average molecular weight is 705 g/mol. The fourth-order valence-corrected chi connectivity index (χ4v) is 8.39. The average Bonchev–Trinajstić information content (AvgIpc) is 3.11. The van der Waals surface area contributed by atoms with E-state index in [0.717, 1.165) is 98.3 Å². The zero-order chi connectivity index (χ0) is 36.6. The van der Waals surface area contributed by atoms with Crippen LogP contribution in [0.2, 0.25) is 0 Å². The highest BCUT2D eigenvalue weighted by atomic mass is 16.5. The highest BCUT2D eigenvalue weighted by molar-refractivity contribution is 5.55. The molecule has 0 aromatic heterocycles. The molecule has 0 fully saturated rings. The molecule has 4 heterocycles. The lowest BCUT2D eigenvalue weighted by Gasteiger charge is -2.35. The summed E-state index contributed by atoms with van der Waals surface area (Å²) in [4.78, 5) is 0. The van der Waals surface area contributed by atoms with Crippen LogP contribution in [0.1, 0.15) is 124 Å². The van der Waals surface area contributed by atoms with E-state index in [0.29, 0.717) is 24.7 Å². The van der Waals surface area contributed by atoms with Crippen LogP contribution in [0.15, 0.2) is 60.7 Å². The fourth-order valence-electron chi connectivity index (χ4n) is 8.39. The molecule has 2 N–H and O–H groups in total. The van der Waals surface area contributed by atoms with Crippen LogP contribution < -0.4 is 18.9 Å². The molecule has 6 nitrogen and oxygen atoms in total. The summed E-state index contributed by atoms with van der Waals surface area (Å²) in [5.74, 6) is 5.13. The Labute approximate surface area is 310 Å². The van der Waals surface area contributed by atoms with Crippen LogP contribution in [0.4, 0.5) is 0 Å². The molecule has 0 unspecified atom stereocenters. The van der Waals surface area contributed by atoms with Gasteiger partial charge in [-0.1, -0.05) is 63.1 Å². The van der Waals surface area contributed by atoms with Crippen molar-refractivity contribution in [1.82, 2.24) is 0 Å². The molecule has 2 atom stereocenters. The number of fused-ring (bicyclic) bond motifs is 6. The standard InChI is InChI=1S/2C23H28O3/c2*1-4-5-15-6-8-18(20(24)12-15)17-13-16-7-9-21-19(22(16)25-14-17)10-11-23(2,3)26-21/h2*6-9,12,17,24H,4-5,10-11,13-14H2,1-3H3/t2*17-/m10/s1. The molecular formula is C46H56O6. The second-order valence-corrected chi connectivity index (χ2v) is 16.5. The third-order valence-electron chi connectivity index (χ3n) is 11.3. The number of aromatic hydroxyl groups is 2. The van der Waals surface area contributed by atoms with E-state index in [1.54, 1.807) is 0 Å². The van der Waals surface area contributed by atoms with Crippen LogP contribution in [-0.4, -0.2) is 34.6 Å². The van der Waals surface area contributed by atoms with Crippen molar-refractivity contribution < 1.29 is 29.2 Å². The molecule has 276 valence electrons. The lowest BCUT2D eigenvalue weighted by molar-refractivity contribution is 0.0822. The number of hydrogen-bond acceptors (Lipinski definition) is 6. The molecule has 8 rings (SSSR count). The third-order valence-corrected chi connectivity index (χ3v) is 11.3. The van der Waals surface area contributed by atoms with Crippen LogP contribution >= 0.6 is 0 Å². The van der Waals surface area contributed by atoms with E-state index in [-0.39, 0.29) is 23.0 Å². The Hall–Kier alpha value is -4.32. The quantitative estimate of drug-likeness (QED) is 0.208. The van der Waals surface area contributed by atoms with Crippen molar-refractivity contribution in [3.05, 3.63) is 105 Å². The zero-order valence-corrected chi connectivity index (χ0v) is 31.9. The molecule has 4 aromatic carbocycles. The Morgan fingerprint density at radius 1 is 0.596 bits per heavy atom. The monoisotopic (exact) mass is 704 g/mol. The van der Waals surface area contributed by atoms with E-state index in [9.17, 15) is 10.2 Å². The maximum Gasteiger partial charge on any atom is 0.129 e. The number of benzene rings is 4. The van der Waals surface area contributed by atoms with Crippen molar-refractivity contribution in [2.45, 2.75) is 129 Å². The van der Waals surface area contributed by atoms with E-state index in [2.05, 4.69) is 90.1 Å². The minimum Gasteiger partial charge on any atom is -0.508 e. The van der Waals surface area contributed by atoms with Gasteiger partial charge >= 0.3 is 0 Å². The van der Waals surface area contributed by atoms with Crippen molar-refractivity contribution in [3.8, 4) is 34.5 Å². The van der Waals surface area contributed by atoms with Gasteiger partial charge in [0.1, 0.15) is 45.7 Å². The molecule has 4 aromatic rings. The van der Waals surface area contributed by atoms with E-state index in [4.69, 9.17) is 18.9 Å². The first kappa shape index (κ1) is 36.1. The Morgan fingerprint density at radius 3 is 1.40 bits per heavy atom. The first-order valence-corrected chi connectivity index (χ1v) is 19.5. The Morgan fingerprint density at radius 2 is 1.02 bits per heavy atom. The molecule has 4 aliphatic heterocycles. The van der Waals surface area contributed by atoms with Crippen LogP contribution in [0.5, 0.6) is 34.5 Å². The minimum absolute atomic E-state index is 0.107. The molecule has 0 saturated heterocycles. The lowest BCUT2D eigenvalue weighted by Crippen LogP contribution is -2.33. The maximum atomic E-state index is 10.5. The van der Waals surface area contributed by atoms with Crippen molar-refractivity contribution in [2.75, 3.05) is 13.2 Å². The minimum atomic E-state index is -0.107. The van der Waals surface area contributed by atoms with Gasteiger partial charge in [0.15, 0.2) is 0 Å². The van der Waals surface area contributed by atoms with Gasteiger partial charge in [0.05, 0.1) is 13.2 Å². The van der Waals surface area contributed by atoms with Crippen LogP contribution in [0.25, 0.3) is 0 Å². The van der Waals surface area contributed by atoms with Gasteiger partial charge in [-0.3, -0.25) is 0 Å². The Bertz CT molecular complexity index is 1780. The molecule has 0 saturated carbocycles. The first-order chi connectivity index (χ1) is 24.9. The van der Waals surface area contributed by atoms with Gasteiger partial charge < -0.3 is 29.2 Å². The van der Waals surface area contributed by atoms with Gasteiger partial charge in [0.25, 0.3) is 0 Å². The number of rotatable bonds is 6. The molecule has 0 amide bonds. The predicted molar refractivity (Wildman–Crippen MR) is 207 cm³/mol. The smallest absolute Gasteiger partial charge is 0.129 e. The molecule has 0 radical (unpaired) electrons. The number of hydrogen-bond donors (Lipinski definition) is 2. The summed E-state index contributed by atoms with van der Waals surface area (Å²) in [5.41, 5.74) is 9.02. The molecule has 6 heteroatoms. The van der Waals surface area contributed by atoms with Crippen molar-refractivity contribution in [3.63, 3.8) is 0 Å². The van der Waals surface area contributed by atoms with Gasteiger partial charge in [-0.05, 0) is 126 Å². The highest BCUT2D eigenvalue weighted by Gasteiger charge is 2.34. The highest BCUT2D eigenvalue weighted by Crippen LogP contribution is 2.46. The van der Waals surface area contributed by atoms with Gasteiger partial charge in [0, 0.05) is 34.1 Å². The SMILES string of the molecule is CCCc1ccc([C@@H]2COc3c(ccc4c3CCC(C)(C)O4)C2)c(O)c1.CCCc1ccc([C@H]2COc3c(ccc4c3CCC(C)(C)O4)C2)c(O)c1. The summed E-state index contributed by atoms with van der Waals surface area (Å²) in [7, 11) is 0. The van der Waals surface area contributed by atoms with Crippen molar-refractivity contribution >= 4 is 0 Å². The summed E-state index contributed by atoms with van der Waals surface area (Å²) in [6.07, 6.45) is 9.96. The van der Waals surface area contributed by atoms with E-state index >= 15 is 0 Å². The molecule has 52 heavy (non-hydrogen) atoms. The number of aryl methyl sites for hydroxylation is 2. The molecule has 0 aliphatic carbocycles. The van der Waals surface area contributed by atoms with Gasteiger partial charge in [-0.15, -0.1) is 0 Å². The van der Waals surface area contributed by atoms with E-state index in [1.807, 2.05) is 12.1 Å². The van der Waals surface area contributed by atoms with Crippen LogP contribution in [0.3, 0.4) is 0 Å². The zero-order valence-electron chi connectivity index (χ0n) is 31.9. The predicted octanol–water partition coefficient (Wildman–Crippen LogP) is 10.3. The van der Waals surface area contributed by atoms with Gasteiger partial charge in [-0.25, -0.2) is 0 Å². The van der Waals surface area contributed by atoms with Gasteiger partial charge in [-0.2, -0.15) is 0 Å². The van der Waals surface area contributed by atoms with Crippen LogP contribution in [-0.2, 0) is 38.5 Å². The number of phenols is 2. The largest absolute Gasteiger partial charge is 0.508 e. The lowest BCUT2D eigenvalue weighted by atomic mass is 9.86. The molecule has 0 bridgehead atoms. The Kier molecular flexibility index (Phi) is 10.1. The number of phenolic OH excluding ortho intramolecular Hbond substituents is 2. The summed E-state index contributed by atoms with van der Waals surface area (Å²) in [6.45, 7) is 14.1. The molecular weight excluding hydrogens is 649 g/mol. The topological polar surface area (TPSA) is 77.4 Å². The summed E-state index contributed by atoms with van der Waals surface area (Å²) in [5, 5.41) is 21.0. The van der Waals surface area contributed by atoms with Gasteiger partial charge in [0.2, 0.25) is 0 Å². The number of ether oxygens (including phenoxy) is 4. The summed E-state index contributed by atoms with van der Waals surface area (Å²) in [6, 6.07) is 20.7. The first-order valence-electron chi connectivity index (χ1n) is 19.5. The molecule has 4 aliphatic rings. The molecule has 0 spiro atoms. The second kappa shape index (κ2) is 14.6. The second-order valence-electron chi connectivity index (χ2n) is 16.5. The maximum absolute atomic E-state index is 10.5.